The maximum absolute atomic E-state index is 5.90. The lowest BCUT2D eigenvalue weighted by molar-refractivity contribution is -0.0540. The number of methoxy groups -OCH3 is 2. The molecular weight excluding hydrogens is 358 g/mol. The van der Waals surface area contributed by atoms with Crippen molar-refractivity contribution in [3.05, 3.63) is 6.07 Å². The van der Waals surface area contributed by atoms with Gasteiger partial charge in [-0.15, -0.1) is 0 Å². The van der Waals surface area contributed by atoms with Crippen LogP contribution in [-0.2, 0) is 9.47 Å². The summed E-state index contributed by atoms with van der Waals surface area (Å²) >= 11 is 0. The first-order chi connectivity index (χ1) is 13.6. The average Bonchev–Trinajstić information content (AvgIpc) is 2.73. The highest BCUT2D eigenvalue weighted by Crippen LogP contribution is 2.48. The van der Waals surface area contributed by atoms with Gasteiger partial charge in [-0.3, -0.25) is 4.90 Å². The molecule has 8 heteroatoms. The molecule has 3 atom stereocenters. The maximum Gasteiger partial charge on any atom is 0.225 e. The van der Waals surface area contributed by atoms with E-state index in [2.05, 4.69) is 19.8 Å². The van der Waals surface area contributed by atoms with E-state index in [9.17, 15) is 0 Å². The Bertz CT molecular complexity index is 669. The fourth-order valence-corrected chi connectivity index (χ4v) is 5.45. The standard InChI is InChI=1S/C20H33N5O3/c1-26-14-20-5-3-16(24-7-9-28-10-8-24)11-15(20)4-6-25(13-20)17-12-18(27-2)23-19(21)22-17/h12,15-16H,3-11,13-14H2,1-2H3,(H2,21,22,23)/t15-,16-,20+/m1/s1. The number of nitrogens with two attached hydrogens (primary N) is 1. The Morgan fingerprint density at radius 1 is 1.21 bits per heavy atom. The molecule has 2 N–H and O–H groups in total. The number of fused-ring (bicyclic) bond motifs is 1. The van der Waals surface area contributed by atoms with Gasteiger partial charge >= 0.3 is 0 Å². The molecule has 2 saturated heterocycles. The molecule has 1 saturated carbocycles. The highest BCUT2D eigenvalue weighted by molar-refractivity contribution is 5.46. The molecule has 3 aliphatic rings. The van der Waals surface area contributed by atoms with E-state index >= 15 is 0 Å². The Kier molecular flexibility index (Phi) is 5.89. The lowest BCUT2D eigenvalue weighted by Gasteiger charge is -2.54. The third-order valence-corrected chi connectivity index (χ3v) is 6.88. The fraction of sp³-hybridized carbons (Fsp3) is 0.800. The Labute approximate surface area is 167 Å². The van der Waals surface area contributed by atoms with Gasteiger partial charge in [-0.05, 0) is 31.6 Å². The minimum absolute atomic E-state index is 0.169. The van der Waals surface area contributed by atoms with Crippen molar-refractivity contribution in [3.8, 4) is 5.88 Å². The van der Waals surface area contributed by atoms with Gasteiger partial charge in [-0.1, -0.05) is 0 Å². The molecule has 28 heavy (non-hydrogen) atoms. The van der Waals surface area contributed by atoms with Gasteiger partial charge in [0.1, 0.15) is 5.82 Å². The topological polar surface area (TPSA) is 86.0 Å². The van der Waals surface area contributed by atoms with E-state index < -0.39 is 0 Å². The van der Waals surface area contributed by atoms with Gasteiger partial charge in [-0.25, -0.2) is 0 Å². The summed E-state index contributed by atoms with van der Waals surface area (Å²) in [6, 6.07) is 2.57. The number of hydrogen-bond donors (Lipinski definition) is 1. The monoisotopic (exact) mass is 391 g/mol. The molecule has 1 aromatic rings. The van der Waals surface area contributed by atoms with Crippen molar-refractivity contribution in [2.75, 3.05) is 70.9 Å². The number of aromatic nitrogens is 2. The van der Waals surface area contributed by atoms with Crippen molar-refractivity contribution >= 4 is 11.8 Å². The van der Waals surface area contributed by atoms with Gasteiger partial charge in [0.2, 0.25) is 11.8 Å². The van der Waals surface area contributed by atoms with Gasteiger partial charge < -0.3 is 24.8 Å². The predicted molar refractivity (Wildman–Crippen MR) is 108 cm³/mol. The van der Waals surface area contributed by atoms with Crippen LogP contribution in [0.2, 0.25) is 0 Å². The number of nitrogen functional groups attached to an aromatic ring is 1. The van der Waals surface area contributed by atoms with Crippen LogP contribution in [-0.4, -0.2) is 81.1 Å². The first kappa shape index (κ1) is 19.7. The van der Waals surface area contributed by atoms with Crippen molar-refractivity contribution in [2.24, 2.45) is 11.3 Å². The van der Waals surface area contributed by atoms with Crippen LogP contribution in [0.5, 0.6) is 5.88 Å². The average molecular weight is 392 g/mol. The first-order valence-electron chi connectivity index (χ1n) is 10.4. The normalized spacial score (nSPS) is 31.4. The summed E-state index contributed by atoms with van der Waals surface area (Å²) in [5.74, 6) is 2.30. The van der Waals surface area contributed by atoms with Crippen LogP contribution in [0, 0.1) is 11.3 Å². The number of nitrogens with zero attached hydrogens (tertiary/aromatic N) is 4. The highest BCUT2D eigenvalue weighted by Gasteiger charge is 2.48. The third-order valence-electron chi connectivity index (χ3n) is 6.88. The molecular formula is C20H33N5O3. The fourth-order valence-electron chi connectivity index (χ4n) is 5.45. The Balaban J connectivity index is 1.50. The van der Waals surface area contributed by atoms with Gasteiger partial charge in [0, 0.05) is 50.8 Å². The van der Waals surface area contributed by atoms with E-state index in [1.165, 1.54) is 19.3 Å². The van der Waals surface area contributed by atoms with E-state index in [4.69, 9.17) is 19.9 Å². The third kappa shape index (κ3) is 3.90. The second kappa shape index (κ2) is 8.39. The van der Waals surface area contributed by atoms with Crippen molar-refractivity contribution in [1.82, 2.24) is 14.9 Å². The van der Waals surface area contributed by atoms with Crippen LogP contribution >= 0.6 is 0 Å². The second-order valence-electron chi connectivity index (χ2n) is 8.41. The molecule has 1 aromatic heterocycles. The van der Waals surface area contributed by atoms with Crippen LogP contribution < -0.4 is 15.4 Å². The Hall–Kier alpha value is -1.64. The number of anilines is 2. The van der Waals surface area contributed by atoms with Gasteiger partial charge in [0.15, 0.2) is 0 Å². The van der Waals surface area contributed by atoms with Crippen molar-refractivity contribution in [2.45, 2.75) is 31.7 Å². The summed E-state index contributed by atoms with van der Waals surface area (Å²) in [7, 11) is 3.43. The van der Waals surface area contributed by atoms with Crippen LogP contribution in [0.15, 0.2) is 6.07 Å². The number of hydrogen-bond acceptors (Lipinski definition) is 8. The SMILES string of the molecule is COC[C@@]12CC[C@@H](N3CCOCC3)C[C@H]1CCN(c1cc(OC)nc(N)n1)C2. The zero-order valence-electron chi connectivity index (χ0n) is 17.1. The van der Waals surface area contributed by atoms with E-state index in [0.29, 0.717) is 17.8 Å². The molecule has 8 nitrogen and oxygen atoms in total. The largest absolute Gasteiger partial charge is 0.481 e. The van der Waals surface area contributed by atoms with Gasteiger partial charge in [-0.2, -0.15) is 9.97 Å². The molecule has 0 unspecified atom stereocenters. The Morgan fingerprint density at radius 2 is 2.04 bits per heavy atom. The first-order valence-corrected chi connectivity index (χ1v) is 10.4. The summed E-state index contributed by atoms with van der Waals surface area (Å²) in [6.07, 6.45) is 4.81. The number of morpholine rings is 1. The van der Waals surface area contributed by atoms with E-state index in [0.717, 1.165) is 58.2 Å². The molecule has 0 spiro atoms. The summed E-state index contributed by atoms with van der Waals surface area (Å²) < 4.78 is 16.6. The van der Waals surface area contributed by atoms with Crippen LogP contribution in [0.25, 0.3) is 0 Å². The summed E-state index contributed by atoms with van der Waals surface area (Å²) in [4.78, 5) is 13.6. The Morgan fingerprint density at radius 3 is 2.79 bits per heavy atom. The van der Waals surface area contributed by atoms with Crippen molar-refractivity contribution in [1.29, 1.82) is 0 Å². The second-order valence-corrected chi connectivity index (χ2v) is 8.41. The molecule has 3 fully saturated rings. The lowest BCUT2D eigenvalue weighted by Crippen LogP contribution is -2.57. The molecule has 156 valence electrons. The summed E-state index contributed by atoms with van der Waals surface area (Å²) in [5, 5.41) is 0. The van der Waals surface area contributed by atoms with Crippen molar-refractivity contribution < 1.29 is 14.2 Å². The number of rotatable bonds is 5. The molecule has 1 aliphatic carbocycles. The smallest absolute Gasteiger partial charge is 0.225 e. The molecule has 2 aliphatic heterocycles. The summed E-state index contributed by atoms with van der Waals surface area (Å²) in [5.41, 5.74) is 6.07. The van der Waals surface area contributed by atoms with Crippen LogP contribution in [0.3, 0.4) is 0 Å². The lowest BCUT2D eigenvalue weighted by atomic mass is 9.62. The van der Waals surface area contributed by atoms with Crippen LogP contribution in [0.1, 0.15) is 25.7 Å². The van der Waals surface area contributed by atoms with E-state index in [1.807, 2.05) is 13.2 Å². The molecule has 0 radical (unpaired) electrons. The minimum atomic E-state index is 0.169. The molecule has 4 rings (SSSR count). The maximum atomic E-state index is 5.90. The minimum Gasteiger partial charge on any atom is -0.481 e. The molecule has 0 bridgehead atoms. The van der Waals surface area contributed by atoms with Gasteiger partial charge in [0.05, 0.1) is 26.9 Å². The molecule has 0 amide bonds. The number of piperidine rings is 1. The zero-order valence-corrected chi connectivity index (χ0v) is 17.1. The summed E-state index contributed by atoms with van der Waals surface area (Å²) in [6.45, 7) is 6.60. The van der Waals surface area contributed by atoms with E-state index in [1.54, 1.807) is 7.11 Å². The molecule has 0 aromatic carbocycles. The zero-order chi connectivity index (χ0) is 19.6. The van der Waals surface area contributed by atoms with Gasteiger partial charge in [0.25, 0.3) is 0 Å². The van der Waals surface area contributed by atoms with Crippen molar-refractivity contribution in [3.63, 3.8) is 0 Å². The van der Waals surface area contributed by atoms with E-state index in [-0.39, 0.29) is 11.4 Å². The van der Waals surface area contributed by atoms with Crippen LogP contribution in [0.4, 0.5) is 11.8 Å². The predicted octanol–water partition coefficient (Wildman–Crippen LogP) is 1.41. The highest BCUT2D eigenvalue weighted by atomic mass is 16.5. The molecule has 3 heterocycles. The number of ether oxygens (including phenoxy) is 3. The quantitative estimate of drug-likeness (QED) is 0.806.